The molecule has 1 heterocycles. The van der Waals surface area contributed by atoms with E-state index in [0.29, 0.717) is 0 Å². The molecule has 0 saturated heterocycles. The minimum absolute atomic E-state index is 0.0874. The molecule has 0 atom stereocenters. The van der Waals surface area contributed by atoms with Gasteiger partial charge in [0.15, 0.2) is 0 Å². The minimum atomic E-state index is -0.496. The zero-order chi connectivity index (χ0) is 38.6. The highest BCUT2D eigenvalue weighted by atomic mass is 32.2. The van der Waals surface area contributed by atoms with Gasteiger partial charge in [0.2, 0.25) is 0 Å². The van der Waals surface area contributed by atoms with Gasteiger partial charge in [0, 0.05) is 32.3 Å². The van der Waals surface area contributed by atoms with E-state index >= 15 is 0 Å². The predicted octanol–water partition coefficient (Wildman–Crippen LogP) is 15.1. The Labute approximate surface area is 344 Å². The smallest absolute Gasteiger partial charge is 0.0747 e. The first-order chi connectivity index (χ1) is 28.5. The highest BCUT2D eigenvalue weighted by molar-refractivity contribution is 7.99. The van der Waals surface area contributed by atoms with Crippen LogP contribution in [0.5, 0.6) is 0 Å². The number of nitrogens with zero attached hydrogens (tertiary/aromatic N) is 1. The van der Waals surface area contributed by atoms with Gasteiger partial charge in [0.05, 0.1) is 5.41 Å². The minimum Gasteiger partial charge on any atom is -0.310 e. The monoisotopic (exact) mass is 757 g/mol. The fourth-order valence-electron chi connectivity index (χ4n) is 10.6. The molecule has 12 rings (SSSR count). The average molecular weight is 758 g/mol. The van der Waals surface area contributed by atoms with Crippen LogP contribution < -0.4 is 4.90 Å². The van der Waals surface area contributed by atoms with Crippen molar-refractivity contribution in [1.82, 2.24) is 0 Å². The number of para-hydroxylation sites is 1. The van der Waals surface area contributed by atoms with Gasteiger partial charge in [-0.3, -0.25) is 0 Å². The van der Waals surface area contributed by atoms with Gasteiger partial charge in [-0.25, -0.2) is 0 Å². The Balaban J connectivity index is 1.06. The van der Waals surface area contributed by atoms with Gasteiger partial charge in [-0.2, -0.15) is 0 Å². The number of benzene rings is 9. The highest BCUT2D eigenvalue weighted by Crippen LogP contribution is 2.65. The molecule has 0 N–H and O–H groups in total. The van der Waals surface area contributed by atoms with Gasteiger partial charge >= 0.3 is 0 Å². The normalized spacial score (nSPS) is 14.6. The lowest BCUT2D eigenvalue weighted by Gasteiger charge is -2.42. The van der Waals surface area contributed by atoms with Gasteiger partial charge in [-0.1, -0.05) is 177 Å². The molecule has 9 aromatic rings. The molecule has 0 saturated carbocycles. The van der Waals surface area contributed by atoms with Crippen LogP contribution >= 0.6 is 11.8 Å². The molecule has 2 aliphatic carbocycles. The molecule has 58 heavy (non-hydrogen) atoms. The van der Waals surface area contributed by atoms with E-state index in [-0.39, 0.29) is 5.41 Å². The molecular formula is C56H39NS. The quantitative estimate of drug-likeness (QED) is 0.176. The summed E-state index contributed by atoms with van der Waals surface area (Å²) in [5.41, 5.74) is 18.9. The summed E-state index contributed by atoms with van der Waals surface area (Å²) in [6.45, 7) is 4.72. The molecule has 0 aromatic heterocycles. The number of anilines is 3. The average Bonchev–Trinajstić information content (AvgIpc) is 3.69. The second-order valence-electron chi connectivity index (χ2n) is 16.4. The van der Waals surface area contributed by atoms with E-state index in [9.17, 15) is 0 Å². The standard InChI is InChI=1S/C56H39NS/c1-55(2)47-23-11-8-19-43(47)46-33-32-40(35-50(46)55)57(38-16-4-3-5-17-38)39-30-27-37(28-31-39)42-22-14-26-51-53(42)56(54-41-18-7-6-15-36(41)29-34-52(54)58-51)48-24-12-9-20-44(48)45-21-10-13-25-49(45)56/h3-35H,1-2H3. The van der Waals surface area contributed by atoms with Crippen LogP contribution in [-0.2, 0) is 10.8 Å². The van der Waals surface area contributed by atoms with E-state index in [1.807, 2.05) is 11.8 Å². The number of fused-ring (bicyclic) bond motifs is 14. The summed E-state index contributed by atoms with van der Waals surface area (Å²) in [7, 11) is 0. The first-order valence-corrected chi connectivity index (χ1v) is 21.1. The molecule has 0 unspecified atom stereocenters. The molecule has 0 radical (unpaired) electrons. The summed E-state index contributed by atoms with van der Waals surface area (Å²) in [6, 6.07) is 74.9. The van der Waals surface area contributed by atoms with Crippen LogP contribution in [-0.4, -0.2) is 0 Å². The summed E-state index contributed by atoms with van der Waals surface area (Å²) in [6.07, 6.45) is 0. The van der Waals surface area contributed by atoms with Crippen molar-refractivity contribution in [2.45, 2.75) is 34.5 Å². The van der Waals surface area contributed by atoms with E-state index in [0.717, 1.165) is 17.1 Å². The molecule has 9 aromatic carbocycles. The molecule has 1 spiro atoms. The van der Waals surface area contributed by atoms with Crippen molar-refractivity contribution in [3.8, 4) is 33.4 Å². The third-order valence-electron chi connectivity index (χ3n) is 13.1. The third kappa shape index (κ3) is 4.55. The molecule has 3 aliphatic rings. The second-order valence-corrected chi connectivity index (χ2v) is 17.5. The van der Waals surface area contributed by atoms with Gasteiger partial charge in [-0.15, -0.1) is 0 Å². The maximum absolute atomic E-state index is 2.42. The van der Waals surface area contributed by atoms with E-state index in [4.69, 9.17) is 0 Å². The zero-order valence-electron chi connectivity index (χ0n) is 32.4. The third-order valence-corrected chi connectivity index (χ3v) is 14.2. The molecule has 274 valence electrons. The van der Waals surface area contributed by atoms with Crippen molar-refractivity contribution in [3.05, 3.63) is 234 Å². The first kappa shape index (κ1) is 33.5. The largest absolute Gasteiger partial charge is 0.310 e. The van der Waals surface area contributed by atoms with E-state index in [2.05, 4.69) is 219 Å². The van der Waals surface area contributed by atoms with Crippen LogP contribution in [0.1, 0.15) is 47.2 Å². The summed E-state index contributed by atoms with van der Waals surface area (Å²) in [5.74, 6) is 0. The van der Waals surface area contributed by atoms with Crippen molar-refractivity contribution in [2.75, 3.05) is 4.90 Å². The topological polar surface area (TPSA) is 3.24 Å². The maximum atomic E-state index is 2.42. The molecule has 1 nitrogen and oxygen atoms in total. The Kier molecular flexibility index (Phi) is 7.19. The Morgan fingerprint density at radius 2 is 0.931 bits per heavy atom. The Morgan fingerprint density at radius 3 is 1.67 bits per heavy atom. The summed E-state index contributed by atoms with van der Waals surface area (Å²) in [5, 5.41) is 2.59. The molecule has 1 aliphatic heterocycles. The Morgan fingerprint density at radius 1 is 0.379 bits per heavy atom. The fourth-order valence-corrected chi connectivity index (χ4v) is 11.9. The van der Waals surface area contributed by atoms with Crippen LogP contribution in [0.2, 0.25) is 0 Å². The van der Waals surface area contributed by atoms with Gasteiger partial charge in [-0.05, 0) is 126 Å². The van der Waals surface area contributed by atoms with Crippen LogP contribution in [0, 0.1) is 0 Å². The van der Waals surface area contributed by atoms with Gasteiger partial charge in [0.1, 0.15) is 0 Å². The van der Waals surface area contributed by atoms with E-state index in [1.54, 1.807) is 0 Å². The zero-order valence-corrected chi connectivity index (χ0v) is 33.2. The van der Waals surface area contributed by atoms with E-state index < -0.39 is 5.41 Å². The SMILES string of the molecule is CC1(C)c2ccccc2-c2ccc(N(c3ccccc3)c3ccc(-c4cccc5c4C4(c6ccccc6-c6ccccc64)c4c(ccc6ccccc46)S5)cc3)cc21. The second kappa shape index (κ2) is 12.4. The van der Waals surface area contributed by atoms with Gasteiger partial charge < -0.3 is 4.90 Å². The Hall–Kier alpha value is -6.61. The van der Waals surface area contributed by atoms with Crippen LogP contribution in [0.3, 0.4) is 0 Å². The van der Waals surface area contributed by atoms with Crippen molar-refractivity contribution >= 4 is 39.6 Å². The van der Waals surface area contributed by atoms with Crippen LogP contribution in [0.4, 0.5) is 17.1 Å². The van der Waals surface area contributed by atoms with Crippen molar-refractivity contribution < 1.29 is 0 Å². The molecule has 2 heteroatoms. The number of rotatable bonds is 4. The van der Waals surface area contributed by atoms with Crippen molar-refractivity contribution in [2.24, 2.45) is 0 Å². The molecule has 0 amide bonds. The molecular weight excluding hydrogens is 719 g/mol. The summed E-state index contributed by atoms with van der Waals surface area (Å²) >= 11 is 1.92. The highest BCUT2D eigenvalue weighted by Gasteiger charge is 2.52. The lowest BCUT2D eigenvalue weighted by atomic mass is 9.64. The molecule has 0 fully saturated rings. The maximum Gasteiger partial charge on any atom is 0.0747 e. The van der Waals surface area contributed by atoms with Crippen LogP contribution in [0.15, 0.2) is 210 Å². The first-order valence-electron chi connectivity index (χ1n) is 20.3. The fraction of sp³-hybridized carbons (Fsp3) is 0.0714. The lowest BCUT2D eigenvalue weighted by molar-refractivity contribution is 0.660. The summed E-state index contributed by atoms with van der Waals surface area (Å²) in [4.78, 5) is 5.04. The lowest BCUT2D eigenvalue weighted by Crippen LogP contribution is -2.33. The number of hydrogen-bond acceptors (Lipinski definition) is 2. The van der Waals surface area contributed by atoms with Crippen LogP contribution in [0.25, 0.3) is 44.2 Å². The Bertz CT molecular complexity index is 3080. The van der Waals surface area contributed by atoms with Crippen molar-refractivity contribution in [1.29, 1.82) is 0 Å². The predicted molar refractivity (Wildman–Crippen MR) is 243 cm³/mol. The molecule has 0 bridgehead atoms. The number of hydrogen-bond donors (Lipinski definition) is 0. The van der Waals surface area contributed by atoms with Crippen molar-refractivity contribution in [3.63, 3.8) is 0 Å². The summed E-state index contributed by atoms with van der Waals surface area (Å²) < 4.78 is 0. The van der Waals surface area contributed by atoms with E-state index in [1.165, 1.54) is 87.3 Å². The van der Waals surface area contributed by atoms with Gasteiger partial charge in [0.25, 0.3) is 0 Å².